The maximum atomic E-state index is 12.6. The fourth-order valence-corrected chi connectivity index (χ4v) is 5.50. The van der Waals surface area contributed by atoms with Crippen LogP contribution in [0.5, 0.6) is 0 Å². The molecule has 0 aliphatic rings. The third-order valence-electron chi connectivity index (χ3n) is 4.29. The van der Waals surface area contributed by atoms with Gasteiger partial charge in [-0.1, -0.05) is 11.8 Å². The number of fused-ring (bicyclic) bond motifs is 1. The lowest BCUT2D eigenvalue weighted by Gasteiger charge is -2.08. The molecule has 0 radical (unpaired) electrons. The third kappa shape index (κ3) is 4.65. The summed E-state index contributed by atoms with van der Waals surface area (Å²) in [6.45, 7) is 3.47. The molecule has 3 aromatic rings. The van der Waals surface area contributed by atoms with Crippen molar-refractivity contribution >= 4 is 67.4 Å². The van der Waals surface area contributed by atoms with Crippen LogP contribution in [0.3, 0.4) is 0 Å². The van der Waals surface area contributed by atoms with Crippen molar-refractivity contribution in [1.82, 2.24) is 14.9 Å². The average Bonchev–Trinajstić information content (AvgIpc) is 3.33. The third-order valence-corrected chi connectivity index (χ3v) is 7.42. The Morgan fingerprint density at radius 3 is 2.74 bits per heavy atom. The van der Waals surface area contributed by atoms with Crippen LogP contribution in [0.4, 0.5) is 5.00 Å². The number of carbonyl (C=O) groups is 3. The number of anilines is 1. The first-order valence-electron chi connectivity index (χ1n) is 9.17. The SMILES string of the molecule is CCOC(=O)c1c(NC(=O)CSc2nc3ccsc3c(=O)n2C)sc(C(=O)NC)c1C. The van der Waals surface area contributed by atoms with Crippen LogP contribution in [-0.2, 0) is 16.6 Å². The number of rotatable bonds is 7. The highest BCUT2D eigenvalue weighted by Gasteiger charge is 2.26. The van der Waals surface area contributed by atoms with Crippen molar-refractivity contribution < 1.29 is 19.1 Å². The number of hydrogen-bond donors (Lipinski definition) is 2. The summed E-state index contributed by atoms with van der Waals surface area (Å²) in [6.07, 6.45) is 0. The van der Waals surface area contributed by atoms with Gasteiger partial charge in [0, 0.05) is 14.1 Å². The predicted molar refractivity (Wildman–Crippen MR) is 123 cm³/mol. The molecule has 0 unspecified atom stereocenters. The Hall–Kier alpha value is -2.70. The zero-order valence-corrected chi connectivity index (χ0v) is 19.7. The van der Waals surface area contributed by atoms with Crippen LogP contribution in [0, 0.1) is 6.92 Å². The fraction of sp³-hybridized carbons (Fsp3) is 0.316. The Kier molecular flexibility index (Phi) is 7.13. The minimum Gasteiger partial charge on any atom is -0.462 e. The fourth-order valence-electron chi connectivity index (χ4n) is 2.77. The summed E-state index contributed by atoms with van der Waals surface area (Å²) in [5.74, 6) is -1.41. The summed E-state index contributed by atoms with van der Waals surface area (Å²) in [7, 11) is 3.09. The van der Waals surface area contributed by atoms with E-state index in [-0.39, 0.29) is 34.4 Å². The topological polar surface area (TPSA) is 119 Å². The minimum absolute atomic E-state index is 0.0373. The lowest BCUT2D eigenvalue weighted by Crippen LogP contribution is -2.21. The molecular weight excluding hydrogens is 460 g/mol. The first-order valence-corrected chi connectivity index (χ1v) is 11.9. The molecule has 0 spiro atoms. The second-order valence-electron chi connectivity index (χ2n) is 6.29. The van der Waals surface area contributed by atoms with Crippen molar-refractivity contribution in [3.63, 3.8) is 0 Å². The van der Waals surface area contributed by atoms with E-state index in [0.717, 1.165) is 23.1 Å². The van der Waals surface area contributed by atoms with E-state index >= 15 is 0 Å². The van der Waals surface area contributed by atoms with Crippen molar-refractivity contribution in [2.45, 2.75) is 19.0 Å². The van der Waals surface area contributed by atoms with Crippen LogP contribution < -0.4 is 16.2 Å². The highest BCUT2D eigenvalue weighted by molar-refractivity contribution is 7.99. The molecule has 0 aromatic carbocycles. The number of carbonyl (C=O) groups excluding carboxylic acids is 3. The van der Waals surface area contributed by atoms with Crippen LogP contribution in [0.1, 0.15) is 32.5 Å². The summed E-state index contributed by atoms with van der Waals surface area (Å²) in [6, 6.07) is 1.76. The van der Waals surface area contributed by atoms with E-state index in [4.69, 9.17) is 4.74 Å². The number of nitrogens with zero attached hydrogens (tertiary/aromatic N) is 2. The van der Waals surface area contributed by atoms with Gasteiger partial charge in [-0.25, -0.2) is 9.78 Å². The van der Waals surface area contributed by atoms with E-state index in [1.54, 1.807) is 32.3 Å². The van der Waals surface area contributed by atoms with E-state index in [2.05, 4.69) is 15.6 Å². The van der Waals surface area contributed by atoms with Gasteiger partial charge in [-0.3, -0.25) is 19.0 Å². The summed E-state index contributed by atoms with van der Waals surface area (Å²) < 4.78 is 7.05. The van der Waals surface area contributed by atoms with E-state index in [1.165, 1.54) is 23.0 Å². The normalized spacial score (nSPS) is 10.8. The van der Waals surface area contributed by atoms with Gasteiger partial charge in [0.15, 0.2) is 5.16 Å². The van der Waals surface area contributed by atoms with Gasteiger partial charge in [-0.05, 0) is 30.9 Å². The zero-order chi connectivity index (χ0) is 22.7. The molecule has 9 nitrogen and oxygen atoms in total. The zero-order valence-electron chi connectivity index (χ0n) is 17.2. The lowest BCUT2D eigenvalue weighted by molar-refractivity contribution is -0.113. The molecule has 0 fully saturated rings. The van der Waals surface area contributed by atoms with Gasteiger partial charge < -0.3 is 15.4 Å². The number of esters is 1. The Balaban J connectivity index is 1.81. The summed E-state index contributed by atoms with van der Waals surface area (Å²) in [4.78, 5) is 54.3. The summed E-state index contributed by atoms with van der Waals surface area (Å²) in [5, 5.41) is 7.66. The predicted octanol–water partition coefficient (Wildman–Crippen LogP) is 2.63. The highest BCUT2D eigenvalue weighted by atomic mass is 32.2. The Morgan fingerprint density at radius 2 is 2.06 bits per heavy atom. The Labute approximate surface area is 189 Å². The molecule has 3 aromatic heterocycles. The number of ether oxygens (including phenoxy) is 1. The largest absolute Gasteiger partial charge is 0.462 e. The molecule has 0 aliphatic heterocycles. The number of aromatic nitrogens is 2. The second-order valence-corrected chi connectivity index (χ2v) is 9.17. The van der Waals surface area contributed by atoms with Gasteiger partial charge in [0.2, 0.25) is 5.91 Å². The van der Waals surface area contributed by atoms with Gasteiger partial charge in [0.1, 0.15) is 9.70 Å². The van der Waals surface area contributed by atoms with Crippen molar-refractivity contribution in [3.8, 4) is 0 Å². The molecule has 164 valence electrons. The van der Waals surface area contributed by atoms with Gasteiger partial charge in [0.25, 0.3) is 11.5 Å². The molecule has 0 aliphatic carbocycles. The smallest absolute Gasteiger partial charge is 0.341 e. The van der Waals surface area contributed by atoms with Gasteiger partial charge in [-0.2, -0.15) is 0 Å². The molecule has 0 saturated heterocycles. The molecule has 0 bridgehead atoms. The van der Waals surface area contributed by atoms with Gasteiger partial charge in [-0.15, -0.1) is 22.7 Å². The number of thioether (sulfide) groups is 1. The molecule has 2 amide bonds. The first-order chi connectivity index (χ1) is 14.8. The van der Waals surface area contributed by atoms with Crippen LogP contribution in [-0.4, -0.2) is 46.7 Å². The van der Waals surface area contributed by atoms with Crippen LogP contribution >= 0.6 is 34.4 Å². The van der Waals surface area contributed by atoms with Crippen LogP contribution in [0.15, 0.2) is 21.4 Å². The molecule has 0 atom stereocenters. The lowest BCUT2D eigenvalue weighted by atomic mass is 10.1. The monoisotopic (exact) mass is 480 g/mol. The molecule has 3 heterocycles. The van der Waals surface area contributed by atoms with Crippen LogP contribution in [0.25, 0.3) is 10.2 Å². The van der Waals surface area contributed by atoms with E-state index in [1.807, 2.05) is 0 Å². The number of hydrogen-bond acceptors (Lipinski definition) is 9. The van der Waals surface area contributed by atoms with Crippen molar-refractivity contribution in [3.05, 3.63) is 37.8 Å². The van der Waals surface area contributed by atoms with Crippen molar-refractivity contribution in [2.24, 2.45) is 7.05 Å². The van der Waals surface area contributed by atoms with E-state index in [9.17, 15) is 19.2 Å². The number of thiophene rings is 2. The van der Waals surface area contributed by atoms with Gasteiger partial charge >= 0.3 is 5.97 Å². The first kappa shape index (κ1) is 23.0. The average molecular weight is 481 g/mol. The summed E-state index contributed by atoms with van der Waals surface area (Å²) in [5.41, 5.74) is 1.02. The molecular formula is C19H20N4O5S3. The standard InChI is InChI=1S/C19H20N4O5S3/c1-5-28-18(27)12-9(2)13(15(25)20-3)31-16(12)22-11(24)8-30-19-21-10-6-7-29-14(10)17(26)23(19)4/h6-7H,5,8H2,1-4H3,(H,20,25)(H,22,24). The van der Waals surface area contributed by atoms with E-state index in [0.29, 0.717) is 25.8 Å². The number of amides is 2. The van der Waals surface area contributed by atoms with Crippen molar-refractivity contribution in [2.75, 3.05) is 24.7 Å². The highest BCUT2D eigenvalue weighted by Crippen LogP contribution is 2.34. The molecule has 12 heteroatoms. The summed E-state index contributed by atoms with van der Waals surface area (Å²) >= 11 is 3.43. The quantitative estimate of drug-likeness (QED) is 0.303. The molecule has 31 heavy (non-hydrogen) atoms. The minimum atomic E-state index is -0.610. The molecule has 2 N–H and O–H groups in total. The molecule has 0 saturated carbocycles. The van der Waals surface area contributed by atoms with Crippen molar-refractivity contribution in [1.29, 1.82) is 0 Å². The maximum absolute atomic E-state index is 12.6. The second kappa shape index (κ2) is 9.62. The van der Waals surface area contributed by atoms with Crippen LogP contribution in [0.2, 0.25) is 0 Å². The Bertz CT molecular complexity index is 1230. The van der Waals surface area contributed by atoms with E-state index < -0.39 is 11.9 Å². The Morgan fingerprint density at radius 1 is 1.32 bits per heavy atom. The van der Waals surface area contributed by atoms with Gasteiger partial charge in [0.05, 0.1) is 28.3 Å². The maximum Gasteiger partial charge on any atom is 0.341 e. The molecule has 3 rings (SSSR count). The number of nitrogens with one attached hydrogen (secondary N) is 2.